The fourth-order valence-corrected chi connectivity index (χ4v) is 9.69. The number of piperidine rings is 1. The number of likely N-dealkylation sites (tertiary alicyclic amines) is 1. The summed E-state index contributed by atoms with van der Waals surface area (Å²) in [4.78, 5) is 15.5. The molecule has 10 nitrogen and oxygen atoms in total. The molecule has 2 heterocycles. The number of hydrogen-bond acceptors (Lipinski definition) is 8. The topological polar surface area (TPSA) is 135 Å². The lowest BCUT2D eigenvalue weighted by Crippen LogP contribution is -2.48. The van der Waals surface area contributed by atoms with Crippen molar-refractivity contribution in [2.75, 3.05) is 6.54 Å². The number of nitriles is 1. The summed E-state index contributed by atoms with van der Waals surface area (Å²) >= 11 is 0. The highest BCUT2D eigenvalue weighted by Gasteiger charge is 2.59. The lowest BCUT2D eigenvalue weighted by atomic mass is 9.57. The number of carbonyl (C=O) groups excluding carboxylic acids is 1. The van der Waals surface area contributed by atoms with E-state index in [1.54, 1.807) is 0 Å². The zero-order chi connectivity index (χ0) is 34.3. The van der Waals surface area contributed by atoms with Gasteiger partial charge in [-0.3, -0.25) is 4.79 Å². The number of nitrogens with one attached hydrogen (secondary N) is 4. The molecule has 6 rings (SSSR count). The number of amides is 1. The van der Waals surface area contributed by atoms with Gasteiger partial charge in [0, 0.05) is 47.7 Å². The Hall–Kier alpha value is -3.71. The molecule has 1 aliphatic heterocycles. The number of aryl methyl sites for hydroxylation is 1. The summed E-state index contributed by atoms with van der Waals surface area (Å²) in [7, 11) is 0. The number of aromatic amines is 1. The van der Waals surface area contributed by atoms with Crippen LogP contribution in [-0.2, 0) is 11.8 Å². The van der Waals surface area contributed by atoms with Crippen molar-refractivity contribution in [2.45, 2.75) is 122 Å². The molecule has 0 spiro atoms. The third kappa shape index (κ3) is 6.38. The first-order valence-electron chi connectivity index (χ1n) is 18.2. The molecule has 4 N–H and O–H groups in total. The quantitative estimate of drug-likeness (QED) is 0.245. The highest BCUT2D eigenvalue weighted by Crippen LogP contribution is 2.56. The number of carbonyl (C=O) groups is 1. The van der Waals surface area contributed by atoms with E-state index in [9.17, 15) is 10.1 Å². The molecule has 2 saturated carbocycles. The second-order valence-electron chi connectivity index (χ2n) is 15.8. The Balaban J connectivity index is 1.33. The number of allylic oxidation sites excluding steroid dienone is 1. The largest absolute Gasteiger partial charge is 0.386 e. The van der Waals surface area contributed by atoms with Gasteiger partial charge in [-0.1, -0.05) is 31.4 Å². The molecule has 10 heteroatoms. The van der Waals surface area contributed by atoms with Crippen LogP contribution in [0.15, 0.2) is 42.8 Å². The Bertz CT molecular complexity index is 1540. The summed E-state index contributed by atoms with van der Waals surface area (Å²) in [6.07, 6.45) is 6.76. The molecule has 3 aliphatic carbocycles. The second kappa shape index (κ2) is 13.7. The zero-order valence-electron chi connectivity index (χ0n) is 29.7. The SMILES string of the molecule is C=C(NC(C)C)C1CCC2C(CCc3cc(C(=O)NC(C)C)ccc3C2(C[C@@H](C)NCC(=C)N2C(C#N)C[C@@H]3[C@H](C)[C@@H]32)c2nn[nH]n2)C1. The van der Waals surface area contributed by atoms with Crippen molar-refractivity contribution < 1.29 is 4.79 Å². The van der Waals surface area contributed by atoms with Gasteiger partial charge >= 0.3 is 0 Å². The van der Waals surface area contributed by atoms with Crippen LogP contribution in [0.5, 0.6) is 0 Å². The maximum absolute atomic E-state index is 13.2. The van der Waals surface area contributed by atoms with E-state index < -0.39 is 5.41 Å². The molecule has 5 unspecified atom stereocenters. The molecule has 48 heavy (non-hydrogen) atoms. The van der Waals surface area contributed by atoms with Crippen LogP contribution in [0.3, 0.4) is 0 Å². The molecular weight excluding hydrogens is 598 g/mol. The van der Waals surface area contributed by atoms with E-state index in [4.69, 9.17) is 5.10 Å². The monoisotopic (exact) mass is 653 g/mol. The third-order valence-corrected chi connectivity index (χ3v) is 11.8. The van der Waals surface area contributed by atoms with Crippen molar-refractivity contribution in [3.8, 4) is 6.07 Å². The summed E-state index contributed by atoms with van der Waals surface area (Å²) in [5.41, 5.74) is 4.72. The lowest BCUT2D eigenvalue weighted by molar-refractivity contribution is 0.0942. The van der Waals surface area contributed by atoms with Crippen LogP contribution >= 0.6 is 0 Å². The van der Waals surface area contributed by atoms with Crippen molar-refractivity contribution in [3.05, 3.63) is 65.3 Å². The van der Waals surface area contributed by atoms with Crippen molar-refractivity contribution in [1.29, 1.82) is 5.26 Å². The first-order valence-corrected chi connectivity index (χ1v) is 18.2. The van der Waals surface area contributed by atoms with Gasteiger partial charge in [0.05, 0.1) is 11.5 Å². The predicted molar refractivity (Wildman–Crippen MR) is 188 cm³/mol. The van der Waals surface area contributed by atoms with E-state index >= 15 is 0 Å². The van der Waals surface area contributed by atoms with Crippen molar-refractivity contribution >= 4 is 5.91 Å². The van der Waals surface area contributed by atoms with Gasteiger partial charge in [-0.2, -0.15) is 10.5 Å². The van der Waals surface area contributed by atoms with Gasteiger partial charge in [0.2, 0.25) is 0 Å². The minimum absolute atomic E-state index is 0.0471. The van der Waals surface area contributed by atoms with E-state index in [1.807, 2.05) is 19.9 Å². The maximum atomic E-state index is 13.2. The number of fused-ring (bicyclic) bond motifs is 3. The van der Waals surface area contributed by atoms with Gasteiger partial charge in [-0.25, -0.2) is 0 Å². The Morgan fingerprint density at radius 3 is 2.58 bits per heavy atom. The number of nitrogens with zero attached hydrogens (tertiary/aromatic N) is 5. The number of hydrogen-bond donors (Lipinski definition) is 4. The second-order valence-corrected chi connectivity index (χ2v) is 15.8. The summed E-state index contributed by atoms with van der Waals surface area (Å²) in [5, 5.41) is 36.7. The fourth-order valence-electron chi connectivity index (χ4n) is 9.69. The van der Waals surface area contributed by atoms with Crippen LogP contribution in [0.1, 0.15) is 107 Å². The molecule has 258 valence electrons. The van der Waals surface area contributed by atoms with E-state index in [2.05, 4.69) is 95.4 Å². The zero-order valence-corrected chi connectivity index (χ0v) is 29.7. The standard InChI is InChI=1S/C38H55N9O/c1-21(2)41-26(8)27-11-13-33-28(15-27)9-10-29-16-30(36(48)42-22(3)4)12-14-34(29)38(33,37-43-45-46-44-37)18-23(5)40-20-24(6)47-31(19-39)17-32-25(7)35(32)47/h12,14,16,21-23,25,27-28,31-33,35,40-41H,6,8-11,13,15,17-18,20H2,1-5,7H3,(H,42,48)(H,43,44,45,46)/t23-,25+,27?,28?,31?,32-,33?,35+,38?/m1/s1. The van der Waals surface area contributed by atoms with Crippen LogP contribution in [0.25, 0.3) is 0 Å². The van der Waals surface area contributed by atoms with Crippen LogP contribution < -0.4 is 16.0 Å². The summed E-state index contributed by atoms with van der Waals surface area (Å²) in [6.45, 7) is 22.4. The Morgan fingerprint density at radius 1 is 1.12 bits per heavy atom. The van der Waals surface area contributed by atoms with Gasteiger partial charge < -0.3 is 20.9 Å². The highest BCUT2D eigenvalue weighted by molar-refractivity contribution is 5.94. The minimum Gasteiger partial charge on any atom is -0.386 e. The molecule has 3 fully saturated rings. The molecule has 1 amide bonds. The lowest BCUT2D eigenvalue weighted by Gasteiger charge is -2.47. The number of H-pyrrole nitrogens is 1. The van der Waals surface area contributed by atoms with Gasteiger partial charge in [-0.15, -0.1) is 10.2 Å². The number of tetrazole rings is 1. The predicted octanol–water partition coefficient (Wildman–Crippen LogP) is 5.23. The molecule has 1 aromatic heterocycles. The van der Waals surface area contributed by atoms with Gasteiger partial charge in [0.25, 0.3) is 5.91 Å². The average Bonchev–Trinajstić information content (AvgIpc) is 3.40. The van der Waals surface area contributed by atoms with Gasteiger partial charge in [0.1, 0.15) is 6.04 Å². The van der Waals surface area contributed by atoms with Crippen LogP contribution in [0.4, 0.5) is 0 Å². The van der Waals surface area contributed by atoms with Crippen LogP contribution in [0, 0.1) is 40.9 Å². The van der Waals surface area contributed by atoms with Crippen LogP contribution in [0.2, 0.25) is 0 Å². The first kappa shape index (κ1) is 34.2. The molecular formula is C38H55N9O. The molecule has 4 aliphatic rings. The molecule has 1 saturated heterocycles. The smallest absolute Gasteiger partial charge is 0.251 e. The number of aromatic nitrogens is 4. The summed E-state index contributed by atoms with van der Waals surface area (Å²) in [6, 6.07) is 9.63. The molecule has 2 aromatic rings. The Morgan fingerprint density at radius 2 is 1.90 bits per heavy atom. The Labute approximate surface area is 286 Å². The first-order chi connectivity index (χ1) is 22.9. The highest BCUT2D eigenvalue weighted by atomic mass is 16.1. The van der Waals surface area contributed by atoms with E-state index in [0.29, 0.717) is 47.9 Å². The van der Waals surface area contributed by atoms with Crippen molar-refractivity contribution in [2.24, 2.45) is 29.6 Å². The number of rotatable bonds is 12. The van der Waals surface area contributed by atoms with Crippen molar-refractivity contribution in [3.63, 3.8) is 0 Å². The maximum Gasteiger partial charge on any atom is 0.251 e. The summed E-state index contributed by atoms with van der Waals surface area (Å²) in [5.74, 6) is 3.03. The molecule has 0 bridgehead atoms. The molecule has 9 atom stereocenters. The third-order valence-electron chi connectivity index (χ3n) is 11.8. The fraction of sp³-hybridized carbons (Fsp3) is 0.658. The van der Waals surface area contributed by atoms with E-state index in [1.165, 1.54) is 11.1 Å². The molecule has 0 radical (unpaired) electrons. The average molecular weight is 654 g/mol. The minimum atomic E-state index is -0.513. The van der Waals surface area contributed by atoms with E-state index in [-0.39, 0.29) is 30.0 Å². The Kier molecular flexibility index (Phi) is 9.72. The van der Waals surface area contributed by atoms with Crippen LogP contribution in [-0.4, -0.2) is 68.2 Å². The number of benzene rings is 1. The molecule has 1 aromatic carbocycles. The van der Waals surface area contributed by atoms with Gasteiger partial charge in [0.15, 0.2) is 5.82 Å². The van der Waals surface area contributed by atoms with E-state index in [0.717, 1.165) is 62.2 Å². The van der Waals surface area contributed by atoms with Gasteiger partial charge in [-0.05, 0) is 132 Å². The van der Waals surface area contributed by atoms with Crippen molar-refractivity contribution in [1.82, 2.24) is 41.5 Å². The summed E-state index contributed by atoms with van der Waals surface area (Å²) < 4.78 is 0. The normalized spacial score (nSPS) is 31.2.